The minimum atomic E-state index is 0.643. The molecule has 0 bridgehead atoms. The van der Waals surface area contributed by atoms with Crippen molar-refractivity contribution in [2.24, 2.45) is 0 Å². The van der Waals surface area contributed by atoms with Gasteiger partial charge >= 0.3 is 0 Å². The van der Waals surface area contributed by atoms with Gasteiger partial charge in [-0.3, -0.25) is 0 Å². The molecule has 0 spiro atoms. The van der Waals surface area contributed by atoms with E-state index in [-0.39, 0.29) is 0 Å². The van der Waals surface area contributed by atoms with Gasteiger partial charge < -0.3 is 5.73 Å². The number of halogens is 1. The SMILES string of the molecule is Nc1nc(CCCc2nc3cc(Cl)ccc3s2)cs1. The second-order valence-corrected chi connectivity index (χ2v) is 6.69. The number of thiazole rings is 2. The zero-order valence-corrected chi connectivity index (χ0v) is 12.5. The molecule has 19 heavy (non-hydrogen) atoms. The lowest BCUT2D eigenvalue weighted by atomic mass is 10.2. The first-order valence-corrected chi connectivity index (χ1v) is 8.03. The molecule has 2 N–H and O–H groups in total. The number of anilines is 1. The maximum absolute atomic E-state index is 5.96. The number of nitrogens with two attached hydrogens (primary N) is 1. The molecular weight excluding hydrogens is 298 g/mol. The first-order chi connectivity index (χ1) is 9.20. The van der Waals surface area contributed by atoms with Gasteiger partial charge in [-0.1, -0.05) is 11.6 Å². The summed E-state index contributed by atoms with van der Waals surface area (Å²) in [7, 11) is 0. The van der Waals surface area contributed by atoms with Crippen molar-refractivity contribution in [3.63, 3.8) is 0 Å². The van der Waals surface area contributed by atoms with Gasteiger partial charge in [0.05, 0.1) is 20.9 Å². The molecule has 0 unspecified atom stereocenters. The van der Waals surface area contributed by atoms with Gasteiger partial charge in [0.1, 0.15) is 0 Å². The van der Waals surface area contributed by atoms with E-state index in [0.717, 1.165) is 40.5 Å². The third-order valence-electron chi connectivity index (χ3n) is 2.79. The van der Waals surface area contributed by atoms with Crippen LogP contribution >= 0.6 is 34.3 Å². The summed E-state index contributed by atoms with van der Waals surface area (Å²) in [5, 5.41) is 4.56. The molecule has 2 heterocycles. The standard InChI is InChI=1S/C13H12ClN3S2/c14-8-4-5-11-10(6-8)17-12(19-11)3-1-2-9-7-18-13(15)16-9/h4-7H,1-3H2,(H2,15,16). The van der Waals surface area contributed by atoms with Gasteiger partial charge in [0.2, 0.25) is 0 Å². The Hall–Kier alpha value is -1.17. The molecule has 0 atom stereocenters. The normalized spacial score (nSPS) is 11.2. The van der Waals surface area contributed by atoms with Crippen molar-refractivity contribution in [2.75, 3.05) is 5.73 Å². The highest BCUT2D eigenvalue weighted by atomic mass is 35.5. The van der Waals surface area contributed by atoms with Crippen LogP contribution in [0.3, 0.4) is 0 Å². The molecule has 3 aromatic rings. The van der Waals surface area contributed by atoms with Crippen molar-refractivity contribution >= 4 is 49.6 Å². The van der Waals surface area contributed by atoms with E-state index in [1.807, 2.05) is 23.6 Å². The largest absolute Gasteiger partial charge is 0.375 e. The zero-order chi connectivity index (χ0) is 13.2. The Kier molecular flexibility index (Phi) is 3.68. The van der Waals surface area contributed by atoms with E-state index in [2.05, 4.69) is 9.97 Å². The number of fused-ring (bicyclic) bond motifs is 1. The minimum absolute atomic E-state index is 0.643. The van der Waals surface area contributed by atoms with Gasteiger partial charge in [0.25, 0.3) is 0 Å². The van der Waals surface area contributed by atoms with Gasteiger partial charge in [-0.25, -0.2) is 9.97 Å². The van der Waals surface area contributed by atoms with E-state index >= 15 is 0 Å². The lowest BCUT2D eigenvalue weighted by Crippen LogP contribution is -1.90. The molecule has 6 heteroatoms. The predicted octanol–water partition coefficient (Wildman–Crippen LogP) is 4.16. The molecule has 0 amide bonds. The van der Waals surface area contributed by atoms with Crippen LogP contribution in [0.1, 0.15) is 17.1 Å². The summed E-state index contributed by atoms with van der Waals surface area (Å²) in [5.74, 6) is 0. The number of benzene rings is 1. The fourth-order valence-corrected chi connectivity index (χ4v) is 3.67. The molecule has 0 aliphatic heterocycles. The van der Waals surface area contributed by atoms with Crippen molar-refractivity contribution in [1.82, 2.24) is 9.97 Å². The zero-order valence-electron chi connectivity index (χ0n) is 10.1. The van der Waals surface area contributed by atoms with Gasteiger partial charge in [-0.2, -0.15) is 0 Å². The van der Waals surface area contributed by atoms with Crippen LogP contribution in [0.4, 0.5) is 5.13 Å². The maximum atomic E-state index is 5.96. The van der Waals surface area contributed by atoms with E-state index in [1.54, 1.807) is 11.3 Å². The van der Waals surface area contributed by atoms with E-state index in [0.29, 0.717) is 5.13 Å². The van der Waals surface area contributed by atoms with Crippen molar-refractivity contribution in [1.29, 1.82) is 0 Å². The van der Waals surface area contributed by atoms with Crippen LogP contribution in [0.5, 0.6) is 0 Å². The number of nitrogens with zero attached hydrogens (tertiary/aromatic N) is 2. The maximum Gasteiger partial charge on any atom is 0.180 e. The van der Waals surface area contributed by atoms with Crippen LogP contribution in [-0.4, -0.2) is 9.97 Å². The number of nitrogen functional groups attached to an aromatic ring is 1. The molecule has 0 radical (unpaired) electrons. The van der Waals surface area contributed by atoms with Crippen molar-refractivity contribution in [3.8, 4) is 0 Å². The lowest BCUT2D eigenvalue weighted by Gasteiger charge is -1.94. The number of rotatable bonds is 4. The third kappa shape index (κ3) is 3.05. The summed E-state index contributed by atoms with van der Waals surface area (Å²) >= 11 is 9.19. The molecule has 0 fully saturated rings. The molecule has 98 valence electrons. The number of aryl methyl sites for hydroxylation is 2. The molecule has 3 nitrogen and oxygen atoms in total. The van der Waals surface area contributed by atoms with Crippen LogP contribution in [0.2, 0.25) is 5.02 Å². The van der Waals surface area contributed by atoms with Gasteiger partial charge in [-0.15, -0.1) is 22.7 Å². The molecule has 0 saturated heterocycles. The average Bonchev–Trinajstić information content (AvgIpc) is 2.95. The van der Waals surface area contributed by atoms with Crippen LogP contribution in [0.15, 0.2) is 23.6 Å². The Bertz CT molecular complexity index is 705. The van der Waals surface area contributed by atoms with E-state index in [4.69, 9.17) is 17.3 Å². The van der Waals surface area contributed by atoms with E-state index in [1.165, 1.54) is 16.0 Å². The van der Waals surface area contributed by atoms with Gasteiger partial charge in [0, 0.05) is 10.4 Å². The molecule has 1 aromatic carbocycles. The molecular formula is C13H12ClN3S2. The lowest BCUT2D eigenvalue weighted by molar-refractivity contribution is 0.801. The van der Waals surface area contributed by atoms with Crippen LogP contribution < -0.4 is 5.73 Å². The summed E-state index contributed by atoms with van der Waals surface area (Å²) in [4.78, 5) is 8.86. The minimum Gasteiger partial charge on any atom is -0.375 e. The Morgan fingerprint density at radius 3 is 2.89 bits per heavy atom. The smallest absolute Gasteiger partial charge is 0.180 e. The van der Waals surface area contributed by atoms with Crippen LogP contribution in [-0.2, 0) is 12.8 Å². The van der Waals surface area contributed by atoms with Crippen molar-refractivity contribution < 1.29 is 0 Å². The topological polar surface area (TPSA) is 51.8 Å². The number of aromatic nitrogens is 2. The summed E-state index contributed by atoms with van der Waals surface area (Å²) in [5.41, 5.74) is 7.68. The highest BCUT2D eigenvalue weighted by molar-refractivity contribution is 7.18. The molecule has 2 aromatic heterocycles. The van der Waals surface area contributed by atoms with E-state index in [9.17, 15) is 0 Å². The Morgan fingerprint density at radius 1 is 1.21 bits per heavy atom. The Balaban J connectivity index is 1.65. The first kappa shape index (κ1) is 12.8. The second kappa shape index (κ2) is 5.45. The third-order valence-corrected chi connectivity index (χ3v) is 4.84. The number of hydrogen-bond donors (Lipinski definition) is 1. The monoisotopic (exact) mass is 309 g/mol. The summed E-state index contributed by atoms with van der Waals surface area (Å²) in [6.07, 6.45) is 2.95. The fourth-order valence-electron chi connectivity index (χ4n) is 1.91. The van der Waals surface area contributed by atoms with Gasteiger partial charge in [0.15, 0.2) is 5.13 Å². The summed E-state index contributed by atoms with van der Waals surface area (Å²) in [6.45, 7) is 0. The molecule has 3 rings (SSSR count). The highest BCUT2D eigenvalue weighted by Crippen LogP contribution is 2.26. The predicted molar refractivity (Wildman–Crippen MR) is 83.2 cm³/mol. The summed E-state index contributed by atoms with van der Waals surface area (Å²) < 4.78 is 1.19. The van der Waals surface area contributed by atoms with Crippen LogP contribution in [0, 0.1) is 0 Å². The highest BCUT2D eigenvalue weighted by Gasteiger charge is 2.05. The fraction of sp³-hybridized carbons (Fsp3) is 0.231. The van der Waals surface area contributed by atoms with Crippen LogP contribution in [0.25, 0.3) is 10.2 Å². The first-order valence-electron chi connectivity index (χ1n) is 5.95. The summed E-state index contributed by atoms with van der Waals surface area (Å²) in [6, 6.07) is 5.85. The van der Waals surface area contributed by atoms with Crippen molar-refractivity contribution in [3.05, 3.63) is 39.3 Å². The molecule has 0 aliphatic rings. The average molecular weight is 310 g/mol. The number of hydrogen-bond acceptors (Lipinski definition) is 5. The Morgan fingerprint density at radius 2 is 2.11 bits per heavy atom. The molecule has 0 saturated carbocycles. The Labute approximate surface area is 124 Å². The quantitative estimate of drug-likeness (QED) is 0.787. The molecule has 0 aliphatic carbocycles. The van der Waals surface area contributed by atoms with Crippen molar-refractivity contribution in [2.45, 2.75) is 19.3 Å². The van der Waals surface area contributed by atoms with E-state index < -0.39 is 0 Å². The second-order valence-electron chi connectivity index (χ2n) is 4.25. The van der Waals surface area contributed by atoms with Gasteiger partial charge in [-0.05, 0) is 37.5 Å².